The minimum Gasteiger partial charge on any atom is -0.366 e. The molecule has 0 atom stereocenters. The number of aromatic nitrogens is 4. The highest BCUT2D eigenvalue weighted by Gasteiger charge is 2.25. The van der Waals surface area contributed by atoms with E-state index in [1.807, 2.05) is 11.0 Å². The van der Waals surface area contributed by atoms with Crippen LogP contribution in [-0.4, -0.2) is 63.0 Å². The SMILES string of the molecule is CC(=O)c1ccc(N2CCN(C(=O)c3ccccc3-n3cnnn3)CC2)c(F)c1. The van der Waals surface area contributed by atoms with Gasteiger partial charge in [-0.2, -0.15) is 4.68 Å². The second-order valence-corrected chi connectivity index (χ2v) is 6.77. The molecule has 1 aliphatic heterocycles. The molecular formula is C20H19FN6O2. The van der Waals surface area contributed by atoms with E-state index in [0.717, 1.165) is 0 Å². The van der Waals surface area contributed by atoms with E-state index in [4.69, 9.17) is 0 Å². The van der Waals surface area contributed by atoms with Crippen molar-refractivity contribution in [3.05, 3.63) is 65.7 Å². The molecule has 0 aliphatic carbocycles. The molecule has 0 radical (unpaired) electrons. The fraction of sp³-hybridized carbons (Fsp3) is 0.250. The Hall–Kier alpha value is -3.62. The third-order valence-corrected chi connectivity index (χ3v) is 4.99. The van der Waals surface area contributed by atoms with Gasteiger partial charge in [0.15, 0.2) is 5.78 Å². The normalized spacial score (nSPS) is 14.1. The minimum atomic E-state index is -0.429. The second-order valence-electron chi connectivity index (χ2n) is 6.77. The molecule has 0 N–H and O–H groups in total. The van der Waals surface area contributed by atoms with Gasteiger partial charge in [-0.1, -0.05) is 12.1 Å². The summed E-state index contributed by atoms with van der Waals surface area (Å²) in [5, 5.41) is 11.1. The third-order valence-electron chi connectivity index (χ3n) is 4.99. The van der Waals surface area contributed by atoms with E-state index in [9.17, 15) is 14.0 Å². The first-order chi connectivity index (χ1) is 14.0. The lowest BCUT2D eigenvalue weighted by molar-refractivity contribution is 0.0746. The van der Waals surface area contributed by atoms with Crippen LogP contribution in [0.15, 0.2) is 48.8 Å². The number of para-hydroxylation sites is 1. The number of anilines is 1. The van der Waals surface area contributed by atoms with Crippen LogP contribution >= 0.6 is 0 Å². The Morgan fingerprint density at radius 3 is 2.41 bits per heavy atom. The summed E-state index contributed by atoms with van der Waals surface area (Å²) in [5.74, 6) is -0.725. The molecule has 29 heavy (non-hydrogen) atoms. The van der Waals surface area contributed by atoms with E-state index in [1.54, 1.807) is 35.2 Å². The largest absolute Gasteiger partial charge is 0.366 e. The number of Topliss-reactive ketones (excluding diaryl/α,β-unsaturated/α-hetero) is 1. The number of hydrogen-bond acceptors (Lipinski definition) is 6. The highest BCUT2D eigenvalue weighted by Crippen LogP contribution is 2.23. The predicted octanol–water partition coefficient (Wildman–Crippen LogP) is 1.97. The van der Waals surface area contributed by atoms with Gasteiger partial charge in [-0.05, 0) is 47.7 Å². The summed E-state index contributed by atoms with van der Waals surface area (Å²) < 4.78 is 15.9. The van der Waals surface area contributed by atoms with Crippen LogP contribution in [-0.2, 0) is 0 Å². The van der Waals surface area contributed by atoms with Gasteiger partial charge in [0, 0.05) is 31.7 Å². The Bertz CT molecular complexity index is 1040. The van der Waals surface area contributed by atoms with E-state index >= 15 is 0 Å². The van der Waals surface area contributed by atoms with Crippen LogP contribution in [0, 0.1) is 5.82 Å². The number of nitrogens with zero attached hydrogens (tertiary/aromatic N) is 6. The minimum absolute atomic E-state index is 0.122. The summed E-state index contributed by atoms with van der Waals surface area (Å²) in [4.78, 5) is 28.1. The topological polar surface area (TPSA) is 84.2 Å². The average molecular weight is 394 g/mol. The van der Waals surface area contributed by atoms with Crippen molar-refractivity contribution in [2.24, 2.45) is 0 Å². The lowest BCUT2D eigenvalue weighted by Crippen LogP contribution is -2.49. The molecule has 9 heteroatoms. The molecule has 4 rings (SSSR count). The molecule has 0 spiro atoms. The van der Waals surface area contributed by atoms with Crippen molar-refractivity contribution < 1.29 is 14.0 Å². The number of hydrogen-bond donors (Lipinski definition) is 0. The number of halogens is 1. The van der Waals surface area contributed by atoms with Gasteiger partial charge in [0.2, 0.25) is 0 Å². The van der Waals surface area contributed by atoms with Crippen LogP contribution in [0.25, 0.3) is 5.69 Å². The first-order valence-electron chi connectivity index (χ1n) is 9.21. The lowest BCUT2D eigenvalue weighted by atomic mass is 10.1. The van der Waals surface area contributed by atoms with E-state index < -0.39 is 5.82 Å². The highest BCUT2D eigenvalue weighted by molar-refractivity contribution is 5.98. The third kappa shape index (κ3) is 3.71. The maximum absolute atomic E-state index is 14.4. The number of carbonyl (C=O) groups is 2. The molecule has 148 valence electrons. The zero-order chi connectivity index (χ0) is 20.4. The Kier molecular flexibility index (Phi) is 5.03. The molecular weight excluding hydrogens is 375 g/mol. The molecule has 2 heterocycles. The fourth-order valence-corrected chi connectivity index (χ4v) is 3.43. The molecule has 1 amide bonds. The molecule has 1 aromatic heterocycles. The summed E-state index contributed by atoms with van der Waals surface area (Å²) in [5.41, 5.74) is 1.90. The van der Waals surface area contributed by atoms with Crippen LogP contribution in [0.5, 0.6) is 0 Å². The lowest BCUT2D eigenvalue weighted by Gasteiger charge is -2.36. The number of amides is 1. The van der Waals surface area contributed by atoms with E-state index in [-0.39, 0.29) is 11.7 Å². The van der Waals surface area contributed by atoms with Gasteiger partial charge in [-0.15, -0.1) is 5.10 Å². The van der Waals surface area contributed by atoms with Gasteiger partial charge in [0.05, 0.1) is 16.9 Å². The second kappa shape index (κ2) is 7.78. The average Bonchev–Trinajstić information content (AvgIpc) is 3.28. The molecule has 0 unspecified atom stereocenters. The number of ketones is 1. The van der Waals surface area contributed by atoms with Crippen LogP contribution in [0.3, 0.4) is 0 Å². The Morgan fingerprint density at radius 1 is 1.00 bits per heavy atom. The van der Waals surface area contributed by atoms with Crippen molar-refractivity contribution in [3.63, 3.8) is 0 Å². The Labute approximate surface area is 166 Å². The molecule has 3 aromatic rings. The monoisotopic (exact) mass is 394 g/mol. The summed E-state index contributed by atoms with van der Waals surface area (Å²) in [7, 11) is 0. The standard InChI is InChI=1S/C20H19FN6O2/c1-14(28)15-6-7-19(17(21)12-15)25-8-10-26(11-9-25)20(29)16-4-2-3-5-18(16)27-13-22-23-24-27/h2-7,12-13H,8-11H2,1H3. The molecule has 0 bridgehead atoms. The Morgan fingerprint density at radius 2 is 1.76 bits per heavy atom. The van der Waals surface area contributed by atoms with Crippen molar-refractivity contribution in [2.45, 2.75) is 6.92 Å². The molecule has 8 nitrogen and oxygen atoms in total. The molecule has 1 fully saturated rings. The molecule has 1 aliphatic rings. The first-order valence-corrected chi connectivity index (χ1v) is 9.21. The number of piperazine rings is 1. The van der Waals surface area contributed by atoms with Gasteiger partial charge < -0.3 is 9.80 Å². The molecule has 1 saturated heterocycles. The van der Waals surface area contributed by atoms with Gasteiger partial charge in [0.1, 0.15) is 12.1 Å². The summed E-state index contributed by atoms with van der Waals surface area (Å²) in [6.07, 6.45) is 1.44. The van der Waals surface area contributed by atoms with E-state index in [2.05, 4.69) is 15.5 Å². The zero-order valence-electron chi connectivity index (χ0n) is 15.8. The first kappa shape index (κ1) is 18.7. The van der Waals surface area contributed by atoms with E-state index in [1.165, 1.54) is 24.0 Å². The van der Waals surface area contributed by atoms with Gasteiger partial charge >= 0.3 is 0 Å². The molecule has 0 saturated carbocycles. The zero-order valence-corrected chi connectivity index (χ0v) is 15.8. The quantitative estimate of drug-likeness (QED) is 0.629. The number of tetrazole rings is 1. The fourth-order valence-electron chi connectivity index (χ4n) is 3.43. The van der Waals surface area contributed by atoms with Crippen LogP contribution in [0.1, 0.15) is 27.6 Å². The summed E-state index contributed by atoms with van der Waals surface area (Å²) in [6.45, 7) is 3.31. The highest BCUT2D eigenvalue weighted by atomic mass is 19.1. The van der Waals surface area contributed by atoms with Crippen molar-refractivity contribution in [2.75, 3.05) is 31.1 Å². The smallest absolute Gasteiger partial charge is 0.256 e. The van der Waals surface area contributed by atoms with Crippen LogP contribution in [0.4, 0.5) is 10.1 Å². The van der Waals surface area contributed by atoms with Crippen LogP contribution in [0.2, 0.25) is 0 Å². The van der Waals surface area contributed by atoms with Crippen molar-refractivity contribution in [1.82, 2.24) is 25.1 Å². The predicted molar refractivity (Wildman–Crippen MR) is 104 cm³/mol. The summed E-state index contributed by atoms with van der Waals surface area (Å²) in [6, 6.07) is 11.6. The van der Waals surface area contributed by atoms with Gasteiger partial charge in [-0.3, -0.25) is 9.59 Å². The number of benzene rings is 2. The van der Waals surface area contributed by atoms with Gasteiger partial charge in [-0.25, -0.2) is 4.39 Å². The van der Waals surface area contributed by atoms with Crippen molar-refractivity contribution in [1.29, 1.82) is 0 Å². The number of rotatable bonds is 4. The summed E-state index contributed by atoms with van der Waals surface area (Å²) >= 11 is 0. The Balaban J connectivity index is 1.48. The molecule has 2 aromatic carbocycles. The van der Waals surface area contributed by atoms with Crippen LogP contribution < -0.4 is 4.90 Å². The maximum atomic E-state index is 14.4. The van der Waals surface area contributed by atoms with Gasteiger partial charge in [0.25, 0.3) is 5.91 Å². The van der Waals surface area contributed by atoms with Crippen molar-refractivity contribution in [3.8, 4) is 5.69 Å². The van der Waals surface area contributed by atoms with Crippen molar-refractivity contribution >= 4 is 17.4 Å². The maximum Gasteiger partial charge on any atom is 0.256 e. The van der Waals surface area contributed by atoms with E-state index in [0.29, 0.717) is 48.7 Å². The number of carbonyl (C=O) groups excluding carboxylic acids is 2.